The Hall–Kier alpha value is -3.13. The van der Waals surface area contributed by atoms with Crippen LogP contribution in [0.4, 0.5) is 0 Å². The minimum absolute atomic E-state index is 0.0115. The van der Waals surface area contributed by atoms with E-state index < -0.39 is 29.5 Å². The molecule has 8 heteroatoms. The highest BCUT2D eigenvalue weighted by atomic mass is 16.4. The van der Waals surface area contributed by atoms with E-state index in [1.807, 2.05) is 72.0 Å². The van der Waals surface area contributed by atoms with Gasteiger partial charge in [-0.15, -0.1) is 0 Å². The molecule has 4 N–H and O–H groups in total. The molecule has 2 amide bonds. The number of benzene rings is 1. The van der Waals surface area contributed by atoms with E-state index in [2.05, 4.69) is 15.6 Å². The highest BCUT2D eigenvalue weighted by molar-refractivity contribution is 5.92. The third-order valence-electron chi connectivity index (χ3n) is 7.02. The van der Waals surface area contributed by atoms with Gasteiger partial charge in [-0.2, -0.15) is 0 Å². The van der Waals surface area contributed by atoms with Crippen LogP contribution in [-0.2, 0) is 19.8 Å². The zero-order chi connectivity index (χ0) is 27.4. The maximum absolute atomic E-state index is 13.6. The zero-order valence-electron chi connectivity index (χ0n) is 23.0. The predicted molar refractivity (Wildman–Crippen MR) is 144 cm³/mol. The Bertz CT molecular complexity index is 1120. The van der Waals surface area contributed by atoms with Crippen LogP contribution in [0.25, 0.3) is 10.9 Å². The van der Waals surface area contributed by atoms with Crippen molar-refractivity contribution in [2.75, 3.05) is 14.1 Å². The normalized spacial score (nSPS) is 15.1. The van der Waals surface area contributed by atoms with Crippen LogP contribution in [0.15, 0.2) is 42.1 Å². The van der Waals surface area contributed by atoms with Crippen LogP contribution in [-0.4, -0.2) is 65.0 Å². The number of hydrogen-bond donors (Lipinski definition) is 4. The largest absolute Gasteiger partial charge is 0.478 e. The zero-order valence-corrected chi connectivity index (χ0v) is 23.0. The molecular formula is C28H42N4O4. The lowest BCUT2D eigenvalue weighted by molar-refractivity contribution is -0.139. The Kier molecular flexibility index (Phi) is 9.49. The van der Waals surface area contributed by atoms with Gasteiger partial charge in [-0.25, -0.2) is 4.79 Å². The Balaban J connectivity index is 2.34. The Morgan fingerprint density at radius 2 is 1.69 bits per heavy atom. The molecule has 1 aromatic heterocycles. The topological polar surface area (TPSA) is 115 Å². The molecule has 0 bridgehead atoms. The first-order valence-corrected chi connectivity index (χ1v) is 12.5. The minimum atomic E-state index is -1.02. The first-order chi connectivity index (χ1) is 16.7. The molecule has 2 aromatic rings. The van der Waals surface area contributed by atoms with E-state index in [0.29, 0.717) is 0 Å². The molecule has 3 atom stereocenters. The number of nitrogens with one attached hydrogen (secondary N) is 3. The van der Waals surface area contributed by atoms with E-state index in [4.69, 9.17) is 0 Å². The summed E-state index contributed by atoms with van der Waals surface area (Å²) in [6.45, 7) is 13.2. The first kappa shape index (κ1) is 29.1. The van der Waals surface area contributed by atoms with E-state index in [1.54, 1.807) is 25.1 Å². The van der Waals surface area contributed by atoms with Gasteiger partial charge in [0, 0.05) is 35.1 Å². The molecule has 2 unspecified atom stereocenters. The number of carboxylic acids is 1. The number of fused-ring (bicyclic) bond motifs is 1. The SMILES string of the molecule is CNC(C(=O)NC(C(=O)N(C)[C@H](/C=C(\C)C(=O)O)C(C)C)C(C)C)C(C)(C)c1c[nH]c2ccccc12. The summed E-state index contributed by atoms with van der Waals surface area (Å²) in [5.41, 5.74) is 1.59. The number of aromatic amines is 1. The molecule has 2 rings (SSSR count). The number of carbonyl (C=O) groups is 3. The molecule has 0 aliphatic heterocycles. The van der Waals surface area contributed by atoms with Crippen molar-refractivity contribution in [2.24, 2.45) is 11.8 Å². The van der Waals surface area contributed by atoms with Gasteiger partial charge in [0.25, 0.3) is 0 Å². The van der Waals surface area contributed by atoms with E-state index >= 15 is 0 Å². The quantitative estimate of drug-likeness (QED) is 0.353. The number of likely N-dealkylation sites (N-methyl/N-ethyl adjacent to an activating group) is 2. The number of rotatable bonds is 11. The average Bonchev–Trinajstić information content (AvgIpc) is 3.24. The van der Waals surface area contributed by atoms with Crippen LogP contribution in [0.3, 0.4) is 0 Å². The fourth-order valence-electron chi connectivity index (χ4n) is 4.78. The second kappa shape index (κ2) is 11.7. The van der Waals surface area contributed by atoms with Crippen molar-refractivity contribution in [3.63, 3.8) is 0 Å². The number of carbonyl (C=O) groups excluding carboxylic acids is 2. The summed E-state index contributed by atoms with van der Waals surface area (Å²) >= 11 is 0. The van der Waals surface area contributed by atoms with E-state index in [9.17, 15) is 19.5 Å². The number of aliphatic carboxylic acids is 1. The maximum Gasteiger partial charge on any atom is 0.331 e. The van der Waals surface area contributed by atoms with Crippen LogP contribution in [0.2, 0.25) is 0 Å². The molecule has 1 aromatic carbocycles. The molecule has 0 saturated heterocycles. The van der Waals surface area contributed by atoms with Crippen LogP contribution >= 0.6 is 0 Å². The third-order valence-corrected chi connectivity index (χ3v) is 7.02. The van der Waals surface area contributed by atoms with Crippen LogP contribution in [0.5, 0.6) is 0 Å². The summed E-state index contributed by atoms with van der Waals surface area (Å²) in [6.07, 6.45) is 3.53. The van der Waals surface area contributed by atoms with Gasteiger partial charge in [0.2, 0.25) is 11.8 Å². The maximum atomic E-state index is 13.6. The van der Waals surface area contributed by atoms with Crippen molar-refractivity contribution in [3.05, 3.63) is 47.7 Å². The van der Waals surface area contributed by atoms with Gasteiger partial charge in [-0.1, -0.05) is 65.8 Å². The minimum Gasteiger partial charge on any atom is -0.478 e. The van der Waals surface area contributed by atoms with Gasteiger partial charge < -0.3 is 25.6 Å². The lowest BCUT2D eigenvalue weighted by Crippen LogP contribution is -2.59. The van der Waals surface area contributed by atoms with Crippen molar-refractivity contribution in [3.8, 4) is 0 Å². The van der Waals surface area contributed by atoms with Crippen molar-refractivity contribution < 1.29 is 19.5 Å². The number of aromatic nitrogens is 1. The summed E-state index contributed by atoms with van der Waals surface area (Å²) in [5, 5.41) is 16.5. The van der Waals surface area contributed by atoms with Crippen molar-refractivity contribution in [2.45, 2.75) is 72.0 Å². The number of amides is 2. The van der Waals surface area contributed by atoms with Crippen LogP contribution in [0, 0.1) is 11.8 Å². The summed E-state index contributed by atoms with van der Waals surface area (Å²) in [6, 6.07) is 6.17. The summed E-state index contributed by atoms with van der Waals surface area (Å²) in [4.78, 5) is 43.4. The molecule has 36 heavy (non-hydrogen) atoms. The average molecular weight is 499 g/mol. The van der Waals surface area contributed by atoms with Crippen molar-refractivity contribution in [1.82, 2.24) is 20.5 Å². The number of hydrogen-bond acceptors (Lipinski definition) is 4. The fourth-order valence-corrected chi connectivity index (χ4v) is 4.78. The predicted octanol–water partition coefficient (Wildman–Crippen LogP) is 3.69. The molecule has 1 heterocycles. The van der Waals surface area contributed by atoms with Gasteiger partial charge in [0.1, 0.15) is 6.04 Å². The monoisotopic (exact) mass is 498 g/mol. The molecular weight excluding hydrogens is 456 g/mol. The lowest BCUT2D eigenvalue weighted by Gasteiger charge is -2.37. The fraction of sp³-hybridized carbons (Fsp3) is 0.536. The van der Waals surface area contributed by atoms with Gasteiger partial charge >= 0.3 is 5.97 Å². The number of para-hydroxylation sites is 1. The second-order valence-electron chi connectivity index (χ2n) is 10.8. The molecule has 198 valence electrons. The van der Waals surface area contributed by atoms with E-state index in [1.165, 1.54) is 6.92 Å². The third kappa shape index (κ3) is 6.16. The van der Waals surface area contributed by atoms with Gasteiger partial charge in [0.15, 0.2) is 0 Å². The molecule has 0 aliphatic rings. The molecule has 0 radical (unpaired) electrons. The lowest BCUT2D eigenvalue weighted by atomic mass is 9.77. The van der Waals surface area contributed by atoms with E-state index in [-0.39, 0.29) is 29.2 Å². The van der Waals surface area contributed by atoms with Gasteiger partial charge in [-0.05, 0) is 37.4 Å². The van der Waals surface area contributed by atoms with Gasteiger partial charge in [-0.3, -0.25) is 9.59 Å². The Morgan fingerprint density at radius 3 is 2.22 bits per heavy atom. The smallest absolute Gasteiger partial charge is 0.331 e. The Labute approximate surface area is 214 Å². The summed E-state index contributed by atoms with van der Waals surface area (Å²) in [7, 11) is 3.40. The van der Waals surface area contributed by atoms with Crippen LogP contribution in [0.1, 0.15) is 54.0 Å². The molecule has 0 aliphatic carbocycles. The first-order valence-electron chi connectivity index (χ1n) is 12.5. The number of nitrogens with zero attached hydrogens (tertiary/aromatic N) is 1. The summed E-state index contributed by atoms with van der Waals surface area (Å²) in [5.74, 6) is -1.73. The van der Waals surface area contributed by atoms with Gasteiger partial charge in [0.05, 0.1) is 12.1 Å². The Morgan fingerprint density at radius 1 is 1.08 bits per heavy atom. The number of H-pyrrole nitrogens is 1. The van der Waals surface area contributed by atoms with Crippen LogP contribution < -0.4 is 10.6 Å². The molecule has 0 fully saturated rings. The highest BCUT2D eigenvalue weighted by Crippen LogP contribution is 2.33. The number of carboxylic acid groups (broad SMARTS) is 1. The molecule has 0 spiro atoms. The van der Waals surface area contributed by atoms with Crippen molar-refractivity contribution in [1.29, 1.82) is 0 Å². The molecule has 8 nitrogen and oxygen atoms in total. The summed E-state index contributed by atoms with van der Waals surface area (Å²) < 4.78 is 0. The standard InChI is InChI=1S/C28H42N4O4/c1-16(2)22(14-18(5)27(35)36)32(9)26(34)23(17(3)4)31-25(33)24(29-8)28(6,7)20-15-30-21-13-11-10-12-19(20)21/h10-17,22-24,29-30H,1-9H3,(H,31,33)(H,35,36)/b18-14+/t22-,23?,24?/m1/s1. The van der Waals surface area contributed by atoms with Crippen molar-refractivity contribution >= 4 is 28.7 Å². The molecule has 0 saturated carbocycles. The van der Waals surface area contributed by atoms with E-state index in [0.717, 1.165) is 16.5 Å². The second-order valence-corrected chi connectivity index (χ2v) is 10.8. The highest BCUT2D eigenvalue weighted by Gasteiger charge is 2.40.